The lowest BCUT2D eigenvalue weighted by Gasteiger charge is -2.11. The van der Waals surface area contributed by atoms with Gasteiger partial charge in [0.1, 0.15) is 11.3 Å². The van der Waals surface area contributed by atoms with Crippen molar-refractivity contribution in [3.05, 3.63) is 77.9 Å². The largest absolute Gasteiger partial charge is 0.484 e. The first kappa shape index (κ1) is 20.7. The molecule has 0 unspecified atom stereocenters. The molecule has 0 bridgehead atoms. The molecule has 3 aromatic carbocycles. The van der Waals surface area contributed by atoms with Crippen molar-refractivity contribution < 1.29 is 13.9 Å². The van der Waals surface area contributed by atoms with Gasteiger partial charge in [0, 0.05) is 11.3 Å². The van der Waals surface area contributed by atoms with Crippen LogP contribution in [0.5, 0.6) is 5.75 Å². The predicted octanol–water partition coefficient (Wildman–Crippen LogP) is 6.33. The summed E-state index contributed by atoms with van der Waals surface area (Å²) in [6, 6.07) is 21.2. The monoisotopic (exact) mass is 414 g/mol. The lowest BCUT2D eigenvalue weighted by molar-refractivity contribution is -0.118. The lowest BCUT2D eigenvalue weighted by Crippen LogP contribution is -2.20. The van der Waals surface area contributed by atoms with Gasteiger partial charge in [-0.15, -0.1) is 0 Å². The number of hydrogen-bond donors (Lipinski definition) is 1. The number of fused-ring (bicyclic) bond motifs is 1. The average Bonchev–Trinajstić information content (AvgIpc) is 3.21. The average molecular weight is 415 g/mol. The Bertz CT molecular complexity index is 1190. The van der Waals surface area contributed by atoms with Gasteiger partial charge < -0.3 is 14.5 Å². The number of carbonyl (C=O) groups excluding carboxylic acids is 1. The minimum absolute atomic E-state index is 0.0604. The van der Waals surface area contributed by atoms with Gasteiger partial charge in [0.2, 0.25) is 5.89 Å². The third-order valence-corrected chi connectivity index (χ3v) is 5.37. The van der Waals surface area contributed by atoms with Crippen LogP contribution in [0.3, 0.4) is 0 Å². The minimum Gasteiger partial charge on any atom is -0.484 e. The number of hydrogen-bond acceptors (Lipinski definition) is 4. The molecule has 158 valence electrons. The van der Waals surface area contributed by atoms with Gasteiger partial charge in [0.15, 0.2) is 12.2 Å². The summed E-state index contributed by atoms with van der Waals surface area (Å²) < 4.78 is 11.5. The topological polar surface area (TPSA) is 64.4 Å². The van der Waals surface area contributed by atoms with E-state index in [9.17, 15) is 4.79 Å². The highest BCUT2D eigenvalue weighted by Crippen LogP contribution is 2.27. The van der Waals surface area contributed by atoms with Gasteiger partial charge in [0.05, 0.1) is 0 Å². The Morgan fingerprint density at radius 1 is 1.10 bits per heavy atom. The van der Waals surface area contributed by atoms with Gasteiger partial charge in [-0.1, -0.05) is 38.1 Å². The fourth-order valence-corrected chi connectivity index (χ4v) is 3.37. The smallest absolute Gasteiger partial charge is 0.262 e. The molecular formula is C26H26N2O3. The number of nitrogens with one attached hydrogen (secondary N) is 1. The molecule has 1 N–H and O–H groups in total. The summed E-state index contributed by atoms with van der Waals surface area (Å²) >= 11 is 0. The molecule has 0 aliphatic heterocycles. The third-order valence-electron chi connectivity index (χ3n) is 5.37. The van der Waals surface area contributed by atoms with E-state index in [-0.39, 0.29) is 12.5 Å². The summed E-state index contributed by atoms with van der Waals surface area (Å²) in [5.41, 5.74) is 5.41. The van der Waals surface area contributed by atoms with Crippen LogP contribution in [0.15, 0.2) is 71.1 Å². The Kier molecular flexibility index (Phi) is 6.03. The number of oxazole rings is 1. The number of ether oxygens (including phenoxy) is 1. The number of nitrogens with zero attached hydrogens (tertiary/aromatic N) is 1. The minimum atomic E-state index is -0.226. The van der Waals surface area contributed by atoms with Gasteiger partial charge in [-0.2, -0.15) is 0 Å². The van der Waals surface area contributed by atoms with Gasteiger partial charge in [-0.25, -0.2) is 4.98 Å². The van der Waals surface area contributed by atoms with Crippen LogP contribution >= 0.6 is 0 Å². The van der Waals surface area contributed by atoms with Crippen molar-refractivity contribution in [2.75, 3.05) is 11.9 Å². The second kappa shape index (κ2) is 9.04. The predicted molar refractivity (Wildman–Crippen MR) is 123 cm³/mol. The van der Waals surface area contributed by atoms with Crippen molar-refractivity contribution in [3.8, 4) is 17.2 Å². The standard InChI is InChI=1S/C26H26N2O3/c1-4-18(3)19-9-11-22(12-10-19)30-16-25(29)27-21-7-5-6-20(15-21)26-28-23-14-17(2)8-13-24(23)31-26/h5-15,18H,4,16H2,1-3H3,(H,27,29)/t18-/m0/s1. The number of benzene rings is 3. The van der Waals surface area contributed by atoms with Crippen LogP contribution < -0.4 is 10.1 Å². The molecule has 0 saturated carbocycles. The van der Waals surface area contributed by atoms with Gasteiger partial charge >= 0.3 is 0 Å². The van der Waals surface area contributed by atoms with E-state index in [0.29, 0.717) is 23.2 Å². The molecule has 5 heteroatoms. The van der Waals surface area contributed by atoms with Crippen LogP contribution in [0.25, 0.3) is 22.6 Å². The van der Waals surface area contributed by atoms with Crippen LogP contribution in [-0.4, -0.2) is 17.5 Å². The number of rotatable bonds is 7. The van der Waals surface area contributed by atoms with Crippen molar-refractivity contribution in [2.24, 2.45) is 0 Å². The number of aromatic nitrogens is 1. The van der Waals surface area contributed by atoms with E-state index >= 15 is 0 Å². The molecule has 0 spiro atoms. The van der Waals surface area contributed by atoms with E-state index in [4.69, 9.17) is 9.15 Å². The molecule has 5 nitrogen and oxygen atoms in total. The highest BCUT2D eigenvalue weighted by atomic mass is 16.5. The maximum absolute atomic E-state index is 12.4. The van der Waals surface area contributed by atoms with E-state index in [2.05, 4.69) is 24.1 Å². The summed E-state index contributed by atoms with van der Waals surface area (Å²) in [5, 5.41) is 2.87. The zero-order valence-electron chi connectivity index (χ0n) is 18.0. The van der Waals surface area contributed by atoms with Crippen LogP contribution in [-0.2, 0) is 4.79 Å². The first-order valence-electron chi connectivity index (χ1n) is 10.5. The molecular weight excluding hydrogens is 388 g/mol. The van der Waals surface area contributed by atoms with Gasteiger partial charge in [0.25, 0.3) is 5.91 Å². The number of amides is 1. The Labute approximate surface area is 182 Å². The van der Waals surface area contributed by atoms with Crippen molar-refractivity contribution in [1.29, 1.82) is 0 Å². The molecule has 4 rings (SSSR count). The van der Waals surface area contributed by atoms with Crippen molar-refractivity contribution >= 4 is 22.7 Å². The third kappa shape index (κ3) is 4.94. The molecule has 31 heavy (non-hydrogen) atoms. The van der Waals surface area contributed by atoms with Crippen LogP contribution in [0.4, 0.5) is 5.69 Å². The Balaban J connectivity index is 1.39. The van der Waals surface area contributed by atoms with Crippen LogP contribution in [0.2, 0.25) is 0 Å². The molecule has 0 saturated heterocycles. The van der Waals surface area contributed by atoms with E-state index < -0.39 is 0 Å². The normalized spacial score (nSPS) is 12.0. The first-order chi connectivity index (χ1) is 15.0. The van der Waals surface area contributed by atoms with Crippen molar-refractivity contribution in [3.63, 3.8) is 0 Å². The molecule has 1 aromatic heterocycles. The first-order valence-corrected chi connectivity index (χ1v) is 10.5. The molecule has 4 aromatic rings. The molecule has 1 atom stereocenters. The van der Waals surface area contributed by atoms with Gasteiger partial charge in [-0.3, -0.25) is 4.79 Å². The summed E-state index contributed by atoms with van der Waals surface area (Å²) in [6.07, 6.45) is 1.09. The second-order valence-electron chi connectivity index (χ2n) is 7.79. The lowest BCUT2D eigenvalue weighted by atomic mass is 9.99. The van der Waals surface area contributed by atoms with E-state index in [1.54, 1.807) is 0 Å². The molecule has 0 radical (unpaired) electrons. The highest BCUT2D eigenvalue weighted by molar-refractivity contribution is 5.92. The van der Waals surface area contributed by atoms with E-state index in [0.717, 1.165) is 28.6 Å². The number of carbonyl (C=O) groups is 1. The quantitative estimate of drug-likeness (QED) is 0.383. The maximum Gasteiger partial charge on any atom is 0.262 e. The fraction of sp³-hybridized carbons (Fsp3) is 0.231. The van der Waals surface area contributed by atoms with E-state index in [1.165, 1.54) is 5.56 Å². The molecule has 1 amide bonds. The molecule has 0 aliphatic carbocycles. The van der Waals surface area contributed by atoms with Crippen molar-refractivity contribution in [2.45, 2.75) is 33.1 Å². The maximum atomic E-state index is 12.4. The van der Waals surface area contributed by atoms with Crippen LogP contribution in [0, 0.1) is 6.92 Å². The summed E-state index contributed by atoms with van der Waals surface area (Å²) in [7, 11) is 0. The zero-order chi connectivity index (χ0) is 21.8. The fourth-order valence-electron chi connectivity index (χ4n) is 3.37. The van der Waals surface area contributed by atoms with Gasteiger partial charge in [-0.05, 0) is 72.9 Å². The van der Waals surface area contributed by atoms with Crippen molar-refractivity contribution in [1.82, 2.24) is 4.98 Å². The van der Waals surface area contributed by atoms with E-state index in [1.807, 2.05) is 73.7 Å². The summed E-state index contributed by atoms with van der Waals surface area (Å²) in [6.45, 7) is 6.32. The highest BCUT2D eigenvalue weighted by Gasteiger charge is 2.11. The summed E-state index contributed by atoms with van der Waals surface area (Å²) in [5.74, 6) is 1.48. The zero-order valence-corrected chi connectivity index (χ0v) is 18.0. The summed E-state index contributed by atoms with van der Waals surface area (Å²) in [4.78, 5) is 16.9. The molecule has 0 fully saturated rings. The Morgan fingerprint density at radius 2 is 1.90 bits per heavy atom. The number of aryl methyl sites for hydroxylation is 1. The Morgan fingerprint density at radius 3 is 2.68 bits per heavy atom. The number of anilines is 1. The SMILES string of the molecule is CC[C@H](C)c1ccc(OCC(=O)Nc2cccc(-c3nc4cc(C)ccc4o3)c2)cc1. The second-order valence-corrected chi connectivity index (χ2v) is 7.79. The molecule has 0 aliphatic rings. The Hall–Kier alpha value is -3.60. The van der Waals surface area contributed by atoms with Crippen LogP contribution in [0.1, 0.15) is 37.3 Å². The molecule has 1 heterocycles.